The molecule has 0 radical (unpaired) electrons. The third-order valence-electron chi connectivity index (χ3n) is 7.24. The SMILES string of the molecule is COc1ccc(C2(C(=O)N3CCC(Cc4nc(C5CCOCC5)no4)CC3)CC2)cc1. The van der Waals surface area contributed by atoms with Crippen LogP contribution in [0.5, 0.6) is 5.75 Å². The molecular formula is C24H31N3O4. The quantitative estimate of drug-likeness (QED) is 0.705. The van der Waals surface area contributed by atoms with Crippen molar-refractivity contribution in [1.29, 1.82) is 0 Å². The molecule has 7 heteroatoms. The van der Waals surface area contributed by atoms with Crippen LogP contribution in [0.2, 0.25) is 0 Å². The molecule has 3 heterocycles. The Bertz CT molecular complexity index is 892. The third-order valence-corrected chi connectivity index (χ3v) is 7.24. The van der Waals surface area contributed by atoms with Crippen molar-refractivity contribution >= 4 is 5.91 Å². The first-order valence-corrected chi connectivity index (χ1v) is 11.5. The Kier molecular flexibility index (Phi) is 5.69. The number of carbonyl (C=O) groups excluding carboxylic acids is 1. The van der Waals surface area contributed by atoms with Gasteiger partial charge in [0.15, 0.2) is 5.82 Å². The van der Waals surface area contributed by atoms with Gasteiger partial charge in [-0.1, -0.05) is 17.3 Å². The Morgan fingerprint density at radius 1 is 1.13 bits per heavy atom. The molecule has 3 aliphatic rings. The smallest absolute Gasteiger partial charge is 0.233 e. The van der Waals surface area contributed by atoms with E-state index in [2.05, 4.69) is 15.0 Å². The van der Waals surface area contributed by atoms with Crippen molar-refractivity contribution in [2.24, 2.45) is 5.92 Å². The first-order chi connectivity index (χ1) is 15.2. The standard InChI is InChI=1S/C24H31N3O4/c1-29-20-4-2-19(3-5-20)24(10-11-24)23(28)27-12-6-17(7-13-27)16-21-25-22(26-31-21)18-8-14-30-15-9-18/h2-5,17-18H,6-16H2,1H3. The minimum atomic E-state index is -0.315. The van der Waals surface area contributed by atoms with Gasteiger partial charge in [0.05, 0.1) is 12.5 Å². The number of ether oxygens (including phenoxy) is 2. The number of likely N-dealkylation sites (tertiary alicyclic amines) is 1. The van der Waals surface area contributed by atoms with Gasteiger partial charge in [-0.25, -0.2) is 0 Å². The molecule has 2 aromatic rings. The largest absolute Gasteiger partial charge is 0.497 e. The number of carbonyl (C=O) groups is 1. The predicted molar refractivity (Wildman–Crippen MR) is 114 cm³/mol. The number of nitrogens with zero attached hydrogens (tertiary/aromatic N) is 3. The summed E-state index contributed by atoms with van der Waals surface area (Å²) in [6.45, 7) is 3.17. The summed E-state index contributed by atoms with van der Waals surface area (Å²) >= 11 is 0. The van der Waals surface area contributed by atoms with E-state index in [1.807, 2.05) is 24.3 Å². The predicted octanol–water partition coefficient (Wildman–Crippen LogP) is 3.49. The van der Waals surface area contributed by atoms with Crippen LogP contribution >= 0.6 is 0 Å². The number of hydrogen-bond donors (Lipinski definition) is 0. The van der Waals surface area contributed by atoms with Crippen LogP contribution < -0.4 is 4.74 Å². The molecule has 0 spiro atoms. The summed E-state index contributed by atoms with van der Waals surface area (Å²) in [5, 5.41) is 4.22. The van der Waals surface area contributed by atoms with Crippen LogP contribution in [0.4, 0.5) is 0 Å². The lowest BCUT2D eigenvalue weighted by Gasteiger charge is -2.34. The number of amides is 1. The number of hydrogen-bond acceptors (Lipinski definition) is 6. The van der Waals surface area contributed by atoms with Crippen LogP contribution in [0.1, 0.15) is 61.7 Å². The normalized spacial score (nSPS) is 21.8. The highest BCUT2D eigenvalue weighted by Gasteiger charge is 2.53. The van der Waals surface area contributed by atoms with E-state index in [0.717, 1.165) is 94.3 Å². The van der Waals surface area contributed by atoms with Crippen molar-refractivity contribution in [2.45, 2.75) is 56.3 Å². The highest BCUT2D eigenvalue weighted by Crippen LogP contribution is 2.50. The molecule has 3 fully saturated rings. The maximum atomic E-state index is 13.3. The fraction of sp³-hybridized carbons (Fsp3) is 0.625. The van der Waals surface area contributed by atoms with Crippen molar-refractivity contribution in [2.75, 3.05) is 33.4 Å². The lowest BCUT2D eigenvalue weighted by Crippen LogP contribution is -2.44. The van der Waals surface area contributed by atoms with Crippen LogP contribution in [-0.4, -0.2) is 54.4 Å². The van der Waals surface area contributed by atoms with Crippen molar-refractivity contribution in [3.05, 3.63) is 41.5 Å². The lowest BCUT2D eigenvalue weighted by molar-refractivity contribution is -0.135. The van der Waals surface area contributed by atoms with Crippen molar-refractivity contribution in [3.63, 3.8) is 0 Å². The van der Waals surface area contributed by atoms with Crippen LogP contribution in [0, 0.1) is 5.92 Å². The molecule has 1 amide bonds. The van der Waals surface area contributed by atoms with E-state index < -0.39 is 0 Å². The van der Waals surface area contributed by atoms with Gasteiger partial charge in [-0.2, -0.15) is 4.98 Å². The van der Waals surface area contributed by atoms with E-state index in [4.69, 9.17) is 14.0 Å². The molecule has 31 heavy (non-hydrogen) atoms. The second-order valence-corrected chi connectivity index (χ2v) is 9.18. The third kappa shape index (κ3) is 4.20. The fourth-order valence-electron chi connectivity index (χ4n) is 5.02. The number of benzene rings is 1. The van der Waals surface area contributed by atoms with Crippen LogP contribution in [0.25, 0.3) is 0 Å². The molecule has 1 saturated carbocycles. The summed E-state index contributed by atoms with van der Waals surface area (Å²) in [5.41, 5.74) is 0.802. The molecule has 2 saturated heterocycles. The van der Waals surface area contributed by atoms with E-state index in [0.29, 0.717) is 11.8 Å². The van der Waals surface area contributed by atoms with Crippen molar-refractivity contribution < 1.29 is 18.8 Å². The number of rotatable bonds is 6. The van der Waals surface area contributed by atoms with Crippen LogP contribution in [0.15, 0.2) is 28.8 Å². The zero-order valence-corrected chi connectivity index (χ0v) is 18.2. The molecule has 5 rings (SSSR count). The van der Waals surface area contributed by atoms with Gasteiger partial charge in [0, 0.05) is 38.6 Å². The summed E-state index contributed by atoms with van der Waals surface area (Å²) in [6, 6.07) is 7.99. The summed E-state index contributed by atoms with van der Waals surface area (Å²) in [4.78, 5) is 20.0. The Hall–Kier alpha value is -2.41. The van der Waals surface area contributed by atoms with Gasteiger partial charge in [0.1, 0.15) is 5.75 Å². The van der Waals surface area contributed by atoms with Gasteiger partial charge in [-0.05, 0) is 62.1 Å². The summed E-state index contributed by atoms with van der Waals surface area (Å²) < 4.78 is 16.2. The van der Waals surface area contributed by atoms with Crippen LogP contribution in [-0.2, 0) is 21.4 Å². The van der Waals surface area contributed by atoms with Gasteiger partial charge < -0.3 is 18.9 Å². The minimum Gasteiger partial charge on any atom is -0.497 e. The second-order valence-electron chi connectivity index (χ2n) is 9.18. The topological polar surface area (TPSA) is 77.7 Å². The monoisotopic (exact) mass is 425 g/mol. The first kappa shape index (κ1) is 20.5. The molecule has 166 valence electrons. The van der Waals surface area contributed by atoms with Crippen molar-refractivity contribution in [3.8, 4) is 5.75 Å². The van der Waals surface area contributed by atoms with E-state index in [1.165, 1.54) is 0 Å². The molecule has 0 atom stereocenters. The Balaban J connectivity index is 1.15. The number of methoxy groups -OCH3 is 1. The van der Waals surface area contributed by atoms with Gasteiger partial charge in [0.2, 0.25) is 11.8 Å². The second kappa shape index (κ2) is 8.61. The number of piperidine rings is 1. The molecule has 7 nitrogen and oxygen atoms in total. The molecule has 0 unspecified atom stereocenters. The first-order valence-electron chi connectivity index (χ1n) is 11.5. The zero-order valence-electron chi connectivity index (χ0n) is 18.2. The minimum absolute atomic E-state index is 0.288. The highest BCUT2D eigenvalue weighted by atomic mass is 16.5. The Morgan fingerprint density at radius 3 is 2.48 bits per heavy atom. The van der Waals surface area contributed by atoms with E-state index in [9.17, 15) is 4.79 Å². The zero-order chi connectivity index (χ0) is 21.3. The molecule has 0 bridgehead atoms. The van der Waals surface area contributed by atoms with E-state index in [-0.39, 0.29) is 11.3 Å². The van der Waals surface area contributed by atoms with Gasteiger partial charge >= 0.3 is 0 Å². The maximum absolute atomic E-state index is 13.3. The Labute approximate surface area is 183 Å². The summed E-state index contributed by atoms with van der Waals surface area (Å²) in [5.74, 6) is 3.54. The van der Waals surface area contributed by atoms with E-state index in [1.54, 1.807) is 7.11 Å². The highest BCUT2D eigenvalue weighted by molar-refractivity contribution is 5.91. The van der Waals surface area contributed by atoms with Crippen LogP contribution in [0.3, 0.4) is 0 Å². The summed E-state index contributed by atoms with van der Waals surface area (Å²) in [7, 11) is 1.66. The fourth-order valence-corrected chi connectivity index (χ4v) is 5.02. The molecule has 1 aliphatic carbocycles. The van der Waals surface area contributed by atoms with Gasteiger partial charge in [0.25, 0.3) is 0 Å². The molecular weight excluding hydrogens is 394 g/mol. The molecule has 1 aromatic heterocycles. The summed E-state index contributed by atoms with van der Waals surface area (Å²) in [6.07, 6.45) is 6.59. The van der Waals surface area contributed by atoms with E-state index >= 15 is 0 Å². The van der Waals surface area contributed by atoms with Gasteiger partial charge in [-0.15, -0.1) is 0 Å². The lowest BCUT2D eigenvalue weighted by atomic mass is 9.90. The number of aromatic nitrogens is 2. The van der Waals surface area contributed by atoms with Crippen molar-refractivity contribution in [1.82, 2.24) is 15.0 Å². The molecule has 2 aliphatic heterocycles. The van der Waals surface area contributed by atoms with Gasteiger partial charge in [-0.3, -0.25) is 4.79 Å². The average Bonchev–Trinajstić information content (AvgIpc) is 3.52. The molecule has 0 N–H and O–H groups in total. The molecule has 1 aromatic carbocycles. The average molecular weight is 426 g/mol. The maximum Gasteiger partial charge on any atom is 0.233 e. The Morgan fingerprint density at radius 2 is 1.84 bits per heavy atom.